The first-order valence-electron chi connectivity index (χ1n) is 7.81. The largest absolute Gasteiger partial charge is 0.425 e. The zero-order valence-electron chi connectivity index (χ0n) is 12.9. The molecule has 2 atom stereocenters. The molecule has 0 unspecified atom stereocenters. The molecule has 0 amide bonds. The number of halogens is 1. The summed E-state index contributed by atoms with van der Waals surface area (Å²) in [6, 6.07) is 3.99. The van der Waals surface area contributed by atoms with Crippen molar-refractivity contribution >= 4 is 17.4 Å². The van der Waals surface area contributed by atoms with Gasteiger partial charge in [0.15, 0.2) is 0 Å². The summed E-state index contributed by atoms with van der Waals surface area (Å²) in [6.45, 7) is 2.00. The highest BCUT2D eigenvalue weighted by Gasteiger charge is 2.27. The summed E-state index contributed by atoms with van der Waals surface area (Å²) in [6.07, 6.45) is 6.30. The monoisotopic (exact) mass is 331 g/mol. The second-order valence-electron chi connectivity index (χ2n) is 5.83. The van der Waals surface area contributed by atoms with Crippen LogP contribution in [0.1, 0.15) is 43.5 Å². The molecular formula is C16H18ClN5O. The maximum atomic E-state index is 8.84. The van der Waals surface area contributed by atoms with Crippen molar-refractivity contribution in [1.82, 2.24) is 15.2 Å². The van der Waals surface area contributed by atoms with E-state index in [1.54, 1.807) is 6.07 Å². The predicted molar refractivity (Wildman–Crippen MR) is 86.1 cm³/mol. The van der Waals surface area contributed by atoms with Gasteiger partial charge in [0.2, 0.25) is 11.8 Å². The van der Waals surface area contributed by atoms with Crippen molar-refractivity contribution in [3.63, 3.8) is 0 Å². The molecule has 1 fully saturated rings. The summed E-state index contributed by atoms with van der Waals surface area (Å²) in [5.41, 5.74) is 0.466. The number of aryl methyl sites for hydroxylation is 1. The molecule has 0 bridgehead atoms. The van der Waals surface area contributed by atoms with E-state index in [0.717, 1.165) is 38.0 Å². The van der Waals surface area contributed by atoms with Gasteiger partial charge in [-0.25, -0.2) is 4.98 Å². The molecule has 1 aliphatic rings. The number of nitrogens with one attached hydrogen (secondary N) is 1. The van der Waals surface area contributed by atoms with E-state index in [1.807, 2.05) is 13.0 Å². The van der Waals surface area contributed by atoms with Gasteiger partial charge in [-0.05, 0) is 31.2 Å². The van der Waals surface area contributed by atoms with Gasteiger partial charge >= 0.3 is 0 Å². The van der Waals surface area contributed by atoms with Crippen molar-refractivity contribution in [2.24, 2.45) is 5.92 Å². The Balaban J connectivity index is 1.56. The lowest BCUT2D eigenvalue weighted by molar-refractivity contribution is 0.409. The summed E-state index contributed by atoms with van der Waals surface area (Å²) in [5.74, 6) is 2.58. The molecule has 0 aliphatic heterocycles. The summed E-state index contributed by atoms with van der Waals surface area (Å²) in [7, 11) is 0. The van der Waals surface area contributed by atoms with E-state index in [4.69, 9.17) is 21.3 Å². The number of nitriles is 1. The number of nitrogens with zero attached hydrogens (tertiary/aromatic N) is 4. The molecule has 1 N–H and O–H groups in total. The Morgan fingerprint density at radius 1 is 1.39 bits per heavy atom. The fourth-order valence-electron chi connectivity index (χ4n) is 2.95. The molecule has 2 aromatic heterocycles. The fourth-order valence-corrected chi connectivity index (χ4v) is 3.17. The SMILES string of the molecule is CCc1nnc(C[C@@H]2CC[C@H](Nc3ncc(C#N)cc3Cl)C2)o1. The van der Waals surface area contributed by atoms with Crippen LogP contribution in [0.2, 0.25) is 5.02 Å². The van der Waals surface area contributed by atoms with Crippen LogP contribution in [0.15, 0.2) is 16.7 Å². The van der Waals surface area contributed by atoms with Gasteiger partial charge in [-0.2, -0.15) is 5.26 Å². The van der Waals surface area contributed by atoms with Crippen molar-refractivity contribution in [3.05, 3.63) is 34.6 Å². The van der Waals surface area contributed by atoms with Gasteiger partial charge in [0.05, 0.1) is 10.6 Å². The lowest BCUT2D eigenvalue weighted by Gasteiger charge is -2.14. The molecule has 6 nitrogen and oxygen atoms in total. The van der Waals surface area contributed by atoms with Crippen molar-refractivity contribution in [3.8, 4) is 6.07 Å². The molecule has 3 rings (SSSR count). The Morgan fingerprint density at radius 2 is 2.22 bits per heavy atom. The molecule has 1 saturated carbocycles. The quantitative estimate of drug-likeness (QED) is 0.903. The minimum Gasteiger partial charge on any atom is -0.425 e. The van der Waals surface area contributed by atoms with Crippen LogP contribution in [0, 0.1) is 17.2 Å². The van der Waals surface area contributed by atoms with E-state index in [2.05, 4.69) is 20.5 Å². The lowest BCUT2D eigenvalue weighted by atomic mass is 10.0. The Labute approximate surface area is 139 Å². The van der Waals surface area contributed by atoms with E-state index in [-0.39, 0.29) is 0 Å². The predicted octanol–water partition coefficient (Wildman–Crippen LogP) is 3.38. The molecule has 0 saturated heterocycles. The van der Waals surface area contributed by atoms with Crippen LogP contribution in [0.3, 0.4) is 0 Å². The maximum absolute atomic E-state index is 8.84. The van der Waals surface area contributed by atoms with Crippen LogP contribution in [0.4, 0.5) is 5.82 Å². The number of hydrogen-bond acceptors (Lipinski definition) is 6. The van der Waals surface area contributed by atoms with Crippen LogP contribution < -0.4 is 5.32 Å². The third-order valence-electron chi connectivity index (χ3n) is 4.13. The van der Waals surface area contributed by atoms with Crippen molar-refractivity contribution in [1.29, 1.82) is 5.26 Å². The Morgan fingerprint density at radius 3 is 2.91 bits per heavy atom. The topological polar surface area (TPSA) is 87.6 Å². The number of aromatic nitrogens is 3. The molecule has 0 aromatic carbocycles. The average Bonchev–Trinajstić information content (AvgIpc) is 3.19. The molecule has 2 heterocycles. The first-order valence-corrected chi connectivity index (χ1v) is 8.19. The molecule has 2 aromatic rings. The van der Waals surface area contributed by atoms with Gasteiger partial charge < -0.3 is 9.73 Å². The summed E-state index contributed by atoms with van der Waals surface area (Å²) in [4.78, 5) is 4.23. The van der Waals surface area contributed by atoms with E-state index >= 15 is 0 Å². The zero-order chi connectivity index (χ0) is 16.2. The fraction of sp³-hybridized carbons (Fsp3) is 0.500. The molecule has 23 heavy (non-hydrogen) atoms. The summed E-state index contributed by atoms with van der Waals surface area (Å²) in [5, 5.41) is 20.8. The Hall–Kier alpha value is -2.13. The van der Waals surface area contributed by atoms with Crippen molar-refractivity contribution < 1.29 is 4.42 Å². The second-order valence-corrected chi connectivity index (χ2v) is 6.24. The van der Waals surface area contributed by atoms with Gasteiger partial charge in [0, 0.05) is 25.1 Å². The molecule has 0 spiro atoms. The second kappa shape index (κ2) is 6.97. The Bertz CT molecular complexity index is 724. The number of anilines is 1. The van der Waals surface area contributed by atoms with Gasteiger partial charge in [-0.1, -0.05) is 18.5 Å². The van der Waals surface area contributed by atoms with Gasteiger partial charge in [-0.15, -0.1) is 10.2 Å². The number of hydrogen-bond donors (Lipinski definition) is 1. The molecule has 1 aliphatic carbocycles. The van der Waals surface area contributed by atoms with E-state index in [1.165, 1.54) is 6.20 Å². The van der Waals surface area contributed by atoms with Crippen LogP contribution in [0.25, 0.3) is 0 Å². The van der Waals surface area contributed by atoms with Crippen LogP contribution in [0.5, 0.6) is 0 Å². The van der Waals surface area contributed by atoms with Gasteiger partial charge in [-0.3, -0.25) is 0 Å². The van der Waals surface area contributed by atoms with E-state index in [0.29, 0.717) is 34.3 Å². The lowest BCUT2D eigenvalue weighted by Crippen LogP contribution is -2.17. The first kappa shape index (κ1) is 15.8. The minimum atomic E-state index is 0.325. The molecule has 0 radical (unpaired) electrons. The number of pyridine rings is 1. The van der Waals surface area contributed by atoms with E-state index in [9.17, 15) is 0 Å². The van der Waals surface area contributed by atoms with Crippen LogP contribution >= 0.6 is 11.6 Å². The normalized spacial score (nSPS) is 20.4. The first-order chi connectivity index (χ1) is 11.2. The van der Waals surface area contributed by atoms with Crippen LogP contribution in [-0.4, -0.2) is 21.2 Å². The molecule has 120 valence electrons. The van der Waals surface area contributed by atoms with Gasteiger partial charge in [0.1, 0.15) is 11.9 Å². The van der Waals surface area contributed by atoms with E-state index < -0.39 is 0 Å². The molecule has 7 heteroatoms. The van der Waals surface area contributed by atoms with Gasteiger partial charge in [0.25, 0.3) is 0 Å². The highest BCUT2D eigenvalue weighted by molar-refractivity contribution is 6.33. The minimum absolute atomic E-state index is 0.325. The zero-order valence-corrected chi connectivity index (χ0v) is 13.7. The third-order valence-corrected chi connectivity index (χ3v) is 4.41. The van der Waals surface area contributed by atoms with Crippen molar-refractivity contribution in [2.75, 3.05) is 5.32 Å². The Kier molecular flexibility index (Phi) is 4.77. The summed E-state index contributed by atoms with van der Waals surface area (Å²) >= 11 is 6.16. The highest BCUT2D eigenvalue weighted by Crippen LogP contribution is 2.31. The third kappa shape index (κ3) is 3.80. The standard InChI is InChI=1S/C16H18ClN5O/c1-2-14-21-22-15(23-14)7-10-3-4-12(5-10)20-16-13(17)6-11(8-18)9-19-16/h6,9-10,12H,2-5,7H2,1H3,(H,19,20)/t10-,12+/m1/s1. The molecular weight excluding hydrogens is 314 g/mol. The average molecular weight is 332 g/mol. The summed E-state index contributed by atoms with van der Waals surface area (Å²) < 4.78 is 5.59. The number of rotatable bonds is 5. The highest BCUT2D eigenvalue weighted by atomic mass is 35.5. The van der Waals surface area contributed by atoms with Crippen molar-refractivity contribution in [2.45, 2.75) is 45.1 Å². The maximum Gasteiger partial charge on any atom is 0.216 e. The van der Waals surface area contributed by atoms with Crippen LogP contribution in [-0.2, 0) is 12.8 Å². The smallest absolute Gasteiger partial charge is 0.216 e.